The summed E-state index contributed by atoms with van der Waals surface area (Å²) < 4.78 is 5.28. The van der Waals surface area contributed by atoms with Gasteiger partial charge in [-0.2, -0.15) is 0 Å². The molecule has 0 aromatic heterocycles. The fourth-order valence-electron chi connectivity index (χ4n) is 0.994. The molecule has 3 N–H and O–H groups in total. The number of hydrogen-bond acceptors (Lipinski definition) is 4. The van der Waals surface area contributed by atoms with Crippen molar-refractivity contribution >= 4 is 11.8 Å². The molecule has 100 valence electrons. The lowest BCUT2D eigenvalue weighted by Gasteiger charge is -2.09. The van der Waals surface area contributed by atoms with Crippen molar-refractivity contribution in [3.8, 4) is 0 Å². The summed E-state index contributed by atoms with van der Waals surface area (Å²) in [6.07, 6.45) is 0.166. The second-order valence-corrected chi connectivity index (χ2v) is 4.09. The number of amides is 2. The van der Waals surface area contributed by atoms with Gasteiger partial charge in [0.25, 0.3) is 0 Å². The lowest BCUT2D eigenvalue weighted by molar-refractivity contribution is -0.139. The third-order valence-electron chi connectivity index (χ3n) is 1.82. The van der Waals surface area contributed by atoms with E-state index in [2.05, 4.69) is 10.6 Å². The fraction of sp³-hybridized carbons (Fsp3) is 0.818. The summed E-state index contributed by atoms with van der Waals surface area (Å²) in [7, 11) is 0. The summed E-state index contributed by atoms with van der Waals surface area (Å²) in [6.45, 7) is 6.41. The Hall–Kier alpha value is -1.14. The van der Waals surface area contributed by atoms with Crippen molar-refractivity contribution in [3.63, 3.8) is 0 Å². The molecule has 0 bridgehead atoms. The maximum absolute atomic E-state index is 11.2. The fourth-order valence-corrected chi connectivity index (χ4v) is 0.994. The van der Waals surface area contributed by atoms with Crippen LogP contribution < -0.4 is 10.6 Å². The molecule has 0 spiro atoms. The molecule has 0 aliphatic carbocycles. The Morgan fingerprint density at radius 3 is 2.29 bits per heavy atom. The van der Waals surface area contributed by atoms with Crippen LogP contribution in [0.3, 0.4) is 0 Å². The first-order valence-corrected chi connectivity index (χ1v) is 5.79. The molecule has 0 heterocycles. The van der Waals surface area contributed by atoms with E-state index < -0.39 is 17.9 Å². The Balaban J connectivity index is 3.54. The van der Waals surface area contributed by atoms with Crippen LogP contribution in [0.25, 0.3) is 0 Å². The monoisotopic (exact) mass is 246 g/mol. The van der Waals surface area contributed by atoms with Crippen molar-refractivity contribution in [2.24, 2.45) is 0 Å². The second-order valence-electron chi connectivity index (χ2n) is 4.09. The molecular weight excluding hydrogens is 224 g/mol. The molecule has 0 fully saturated rings. The van der Waals surface area contributed by atoms with Crippen molar-refractivity contribution in [2.45, 2.75) is 39.4 Å². The molecule has 1 atom stereocenters. The van der Waals surface area contributed by atoms with E-state index >= 15 is 0 Å². The van der Waals surface area contributed by atoms with Gasteiger partial charge >= 0.3 is 11.8 Å². The van der Waals surface area contributed by atoms with Gasteiger partial charge < -0.3 is 20.5 Å². The van der Waals surface area contributed by atoms with E-state index in [0.29, 0.717) is 19.6 Å². The Labute approximate surface area is 102 Å². The SMILES string of the molecule is CC(C)OCCCNC(=O)C(=O)NC[C@@H](C)O. The summed E-state index contributed by atoms with van der Waals surface area (Å²) in [4.78, 5) is 22.4. The maximum atomic E-state index is 11.2. The van der Waals surface area contributed by atoms with Crippen LogP contribution in [-0.2, 0) is 14.3 Å². The van der Waals surface area contributed by atoms with Gasteiger partial charge in [0.1, 0.15) is 0 Å². The summed E-state index contributed by atoms with van der Waals surface area (Å²) >= 11 is 0. The zero-order chi connectivity index (χ0) is 13.3. The van der Waals surface area contributed by atoms with E-state index in [1.807, 2.05) is 13.8 Å². The average Bonchev–Trinajstić information content (AvgIpc) is 2.24. The minimum atomic E-state index is -0.726. The molecule has 0 unspecified atom stereocenters. The Kier molecular flexibility index (Phi) is 8.35. The highest BCUT2D eigenvalue weighted by Gasteiger charge is 2.12. The Morgan fingerprint density at radius 2 is 1.76 bits per heavy atom. The number of nitrogens with one attached hydrogen (secondary N) is 2. The van der Waals surface area contributed by atoms with E-state index in [0.717, 1.165) is 0 Å². The quantitative estimate of drug-likeness (QED) is 0.414. The highest BCUT2D eigenvalue weighted by Crippen LogP contribution is 1.89. The highest BCUT2D eigenvalue weighted by atomic mass is 16.5. The first kappa shape index (κ1) is 15.9. The third kappa shape index (κ3) is 9.77. The van der Waals surface area contributed by atoms with E-state index in [1.165, 1.54) is 6.92 Å². The van der Waals surface area contributed by atoms with Crippen molar-refractivity contribution < 1.29 is 19.4 Å². The molecule has 0 rings (SSSR count). The molecule has 0 aliphatic rings. The lowest BCUT2D eigenvalue weighted by Crippen LogP contribution is -2.42. The summed E-state index contributed by atoms with van der Waals surface area (Å²) in [5.74, 6) is -1.41. The van der Waals surface area contributed by atoms with E-state index in [-0.39, 0.29) is 12.6 Å². The van der Waals surface area contributed by atoms with Gasteiger partial charge in [0.2, 0.25) is 0 Å². The van der Waals surface area contributed by atoms with Gasteiger partial charge in [-0.3, -0.25) is 9.59 Å². The zero-order valence-corrected chi connectivity index (χ0v) is 10.7. The number of aliphatic hydroxyl groups is 1. The number of carbonyl (C=O) groups is 2. The molecule has 17 heavy (non-hydrogen) atoms. The topological polar surface area (TPSA) is 87.7 Å². The molecule has 0 saturated heterocycles. The van der Waals surface area contributed by atoms with Crippen LogP contribution in [0.4, 0.5) is 0 Å². The van der Waals surface area contributed by atoms with E-state index in [4.69, 9.17) is 9.84 Å². The Morgan fingerprint density at radius 1 is 1.18 bits per heavy atom. The zero-order valence-electron chi connectivity index (χ0n) is 10.7. The van der Waals surface area contributed by atoms with Crippen LogP contribution in [0, 0.1) is 0 Å². The standard InChI is InChI=1S/C11H22N2O4/c1-8(2)17-6-4-5-12-10(15)11(16)13-7-9(3)14/h8-9,14H,4-7H2,1-3H3,(H,12,15)(H,13,16)/t9-/m1/s1. The number of aliphatic hydroxyl groups excluding tert-OH is 1. The predicted molar refractivity (Wildman–Crippen MR) is 63.4 cm³/mol. The number of carbonyl (C=O) groups excluding carboxylic acids is 2. The maximum Gasteiger partial charge on any atom is 0.309 e. The molecule has 6 nitrogen and oxygen atoms in total. The first-order valence-electron chi connectivity index (χ1n) is 5.79. The van der Waals surface area contributed by atoms with Gasteiger partial charge in [-0.25, -0.2) is 0 Å². The number of rotatable bonds is 7. The molecule has 6 heteroatoms. The Bertz CT molecular complexity index is 242. The van der Waals surface area contributed by atoms with Gasteiger partial charge in [-0.05, 0) is 27.2 Å². The van der Waals surface area contributed by atoms with E-state index in [9.17, 15) is 9.59 Å². The summed E-state index contributed by atoms with van der Waals surface area (Å²) in [5.41, 5.74) is 0. The molecule has 0 aliphatic heterocycles. The molecular formula is C11H22N2O4. The molecule has 0 radical (unpaired) electrons. The van der Waals surface area contributed by atoms with Crippen LogP contribution in [0.2, 0.25) is 0 Å². The van der Waals surface area contributed by atoms with Crippen LogP contribution in [0.1, 0.15) is 27.2 Å². The van der Waals surface area contributed by atoms with Gasteiger partial charge in [0, 0.05) is 19.7 Å². The van der Waals surface area contributed by atoms with Crippen LogP contribution >= 0.6 is 0 Å². The predicted octanol–water partition coefficient (Wildman–Crippen LogP) is -0.585. The minimum Gasteiger partial charge on any atom is -0.392 e. The average molecular weight is 246 g/mol. The number of hydrogen-bond donors (Lipinski definition) is 3. The van der Waals surface area contributed by atoms with Crippen LogP contribution in [0.5, 0.6) is 0 Å². The second kappa shape index (κ2) is 8.95. The van der Waals surface area contributed by atoms with Gasteiger partial charge in [-0.15, -0.1) is 0 Å². The summed E-state index contributed by atoms with van der Waals surface area (Å²) in [6, 6.07) is 0. The normalized spacial score (nSPS) is 12.3. The van der Waals surface area contributed by atoms with E-state index in [1.54, 1.807) is 0 Å². The molecule has 0 aromatic rings. The lowest BCUT2D eigenvalue weighted by atomic mass is 10.4. The smallest absolute Gasteiger partial charge is 0.309 e. The van der Waals surface area contributed by atoms with Gasteiger partial charge in [-0.1, -0.05) is 0 Å². The van der Waals surface area contributed by atoms with Crippen molar-refractivity contribution in [1.29, 1.82) is 0 Å². The third-order valence-corrected chi connectivity index (χ3v) is 1.82. The van der Waals surface area contributed by atoms with Crippen molar-refractivity contribution in [3.05, 3.63) is 0 Å². The minimum absolute atomic E-state index is 0.0721. The van der Waals surface area contributed by atoms with Crippen molar-refractivity contribution in [2.75, 3.05) is 19.7 Å². The van der Waals surface area contributed by atoms with Crippen LogP contribution in [-0.4, -0.2) is 48.8 Å². The van der Waals surface area contributed by atoms with Crippen LogP contribution in [0.15, 0.2) is 0 Å². The number of ether oxygens (including phenoxy) is 1. The largest absolute Gasteiger partial charge is 0.392 e. The highest BCUT2D eigenvalue weighted by molar-refractivity contribution is 6.35. The molecule has 0 aromatic carbocycles. The first-order chi connectivity index (χ1) is 7.93. The van der Waals surface area contributed by atoms with Gasteiger partial charge in [0.15, 0.2) is 0 Å². The van der Waals surface area contributed by atoms with Gasteiger partial charge in [0.05, 0.1) is 12.2 Å². The summed E-state index contributed by atoms with van der Waals surface area (Å²) in [5, 5.41) is 13.7. The molecule has 2 amide bonds. The van der Waals surface area contributed by atoms with Crippen molar-refractivity contribution in [1.82, 2.24) is 10.6 Å². The molecule has 0 saturated carbocycles.